The number of aromatic hydroxyl groups is 1. The Bertz CT molecular complexity index is 1230. The van der Waals surface area contributed by atoms with Crippen molar-refractivity contribution in [1.29, 1.82) is 0 Å². The van der Waals surface area contributed by atoms with E-state index in [0.29, 0.717) is 25.1 Å². The number of rotatable bonds is 9. The fraction of sp³-hybridized carbons (Fsp3) is 0.192. The second-order valence-electron chi connectivity index (χ2n) is 7.86. The fourth-order valence-corrected chi connectivity index (χ4v) is 4.02. The van der Waals surface area contributed by atoms with Crippen molar-refractivity contribution in [3.05, 3.63) is 95.8 Å². The summed E-state index contributed by atoms with van der Waals surface area (Å²) >= 11 is 0. The lowest BCUT2D eigenvalue weighted by molar-refractivity contribution is -0.129. The number of hydrogen-bond donors (Lipinski definition) is 2. The topological polar surface area (TPSA) is 105 Å². The molecule has 1 aromatic heterocycles. The molecule has 0 fully saturated rings. The van der Waals surface area contributed by atoms with Crippen molar-refractivity contribution in [2.75, 3.05) is 13.7 Å². The highest BCUT2D eigenvalue weighted by Crippen LogP contribution is 2.40. The van der Waals surface area contributed by atoms with Crippen molar-refractivity contribution in [2.45, 2.75) is 19.0 Å². The van der Waals surface area contributed by atoms with Crippen molar-refractivity contribution in [3.8, 4) is 11.5 Å². The van der Waals surface area contributed by atoms with E-state index < -0.39 is 23.5 Å². The third-order valence-electron chi connectivity index (χ3n) is 5.69. The van der Waals surface area contributed by atoms with Crippen LogP contribution in [0.25, 0.3) is 6.08 Å². The SMILES string of the molecule is COc1cc(C2C(C(=O)C=Cc3ccccc3)=C(O)C(=O)N2CCCn2ccnc2)ccc1O. The van der Waals surface area contributed by atoms with Crippen LogP contribution in [0.15, 0.2) is 84.7 Å². The maximum absolute atomic E-state index is 13.2. The van der Waals surface area contributed by atoms with E-state index >= 15 is 0 Å². The molecule has 0 saturated heterocycles. The summed E-state index contributed by atoms with van der Waals surface area (Å²) in [6, 6.07) is 13.1. The van der Waals surface area contributed by atoms with Crippen LogP contribution in [0.5, 0.6) is 11.5 Å². The molecule has 174 valence electrons. The number of benzene rings is 2. The van der Waals surface area contributed by atoms with Gasteiger partial charge in [0.05, 0.1) is 25.1 Å². The summed E-state index contributed by atoms with van der Waals surface area (Å²) in [5.41, 5.74) is 1.36. The molecule has 3 aromatic rings. The van der Waals surface area contributed by atoms with Crippen molar-refractivity contribution in [1.82, 2.24) is 14.5 Å². The summed E-state index contributed by atoms with van der Waals surface area (Å²) in [6.07, 6.45) is 8.77. The summed E-state index contributed by atoms with van der Waals surface area (Å²) in [7, 11) is 1.42. The number of phenols is 1. The Kier molecular flexibility index (Phi) is 6.77. The molecular weight excluding hydrogens is 434 g/mol. The first-order valence-corrected chi connectivity index (χ1v) is 10.8. The maximum atomic E-state index is 13.2. The van der Waals surface area contributed by atoms with Gasteiger partial charge in [0.2, 0.25) is 0 Å². The first-order chi connectivity index (χ1) is 16.5. The van der Waals surface area contributed by atoms with E-state index in [1.165, 1.54) is 24.2 Å². The number of aromatic nitrogens is 2. The molecule has 0 spiro atoms. The van der Waals surface area contributed by atoms with Crippen molar-refractivity contribution < 1.29 is 24.5 Å². The Morgan fingerprint density at radius 2 is 1.94 bits per heavy atom. The molecule has 34 heavy (non-hydrogen) atoms. The summed E-state index contributed by atoms with van der Waals surface area (Å²) < 4.78 is 7.11. The molecular formula is C26H25N3O5. The predicted molar refractivity (Wildman–Crippen MR) is 126 cm³/mol. The minimum absolute atomic E-state index is 0.00689. The zero-order valence-corrected chi connectivity index (χ0v) is 18.7. The van der Waals surface area contributed by atoms with Gasteiger partial charge in [-0.25, -0.2) is 4.98 Å². The molecule has 1 unspecified atom stereocenters. The number of ketones is 1. The van der Waals surface area contributed by atoms with Crippen LogP contribution in [-0.4, -0.2) is 50.0 Å². The molecule has 0 aliphatic carbocycles. The average molecular weight is 460 g/mol. The summed E-state index contributed by atoms with van der Waals surface area (Å²) in [5, 5.41) is 20.8. The van der Waals surface area contributed by atoms with Crippen LogP contribution < -0.4 is 4.74 Å². The molecule has 0 radical (unpaired) electrons. The third kappa shape index (κ3) is 4.71. The quantitative estimate of drug-likeness (QED) is 0.473. The molecule has 1 aliphatic heterocycles. The largest absolute Gasteiger partial charge is 0.504 e. The van der Waals surface area contributed by atoms with Crippen LogP contribution in [0.4, 0.5) is 0 Å². The lowest BCUT2D eigenvalue weighted by Crippen LogP contribution is -2.32. The van der Waals surface area contributed by atoms with Gasteiger partial charge in [0.1, 0.15) is 0 Å². The number of methoxy groups -OCH3 is 1. The molecule has 2 N–H and O–H groups in total. The number of aliphatic hydroxyl groups excluding tert-OH is 1. The minimum Gasteiger partial charge on any atom is -0.504 e. The van der Waals surface area contributed by atoms with E-state index in [-0.39, 0.29) is 17.1 Å². The first-order valence-electron chi connectivity index (χ1n) is 10.8. The average Bonchev–Trinajstić information content (AvgIpc) is 3.46. The maximum Gasteiger partial charge on any atom is 0.290 e. The standard InChI is InChI=1S/C26H25N3O5/c1-34-22-16-19(9-11-20(22)30)24-23(21(31)10-8-18-6-3-2-4-7-18)25(32)26(33)29(24)14-5-13-28-15-12-27-17-28/h2-4,6-12,15-17,24,30,32H,5,13-14H2,1H3. The van der Waals surface area contributed by atoms with Gasteiger partial charge in [-0.05, 0) is 35.8 Å². The van der Waals surface area contributed by atoms with Crippen LogP contribution in [-0.2, 0) is 16.1 Å². The van der Waals surface area contributed by atoms with E-state index in [4.69, 9.17) is 4.74 Å². The number of aliphatic hydroxyl groups is 1. The second kappa shape index (κ2) is 10.1. The molecule has 0 bridgehead atoms. The number of ether oxygens (including phenoxy) is 1. The Labute approximate surface area is 197 Å². The number of phenolic OH excluding ortho intramolecular Hbond substituents is 1. The Morgan fingerprint density at radius 1 is 1.15 bits per heavy atom. The fourth-order valence-electron chi connectivity index (χ4n) is 4.02. The van der Waals surface area contributed by atoms with Gasteiger partial charge in [0.15, 0.2) is 23.0 Å². The number of aryl methyl sites for hydroxylation is 1. The molecule has 8 nitrogen and oxygen atoms in total. The summed E-state index contributed by atoms with van der Waals surface area (Å²) in [6.45, 7) is 0.918. The molecule has 2 heterocycles. The predicted octanol–water partition coefficient (Wildman–Crippen LogP) is 3.67. The number of amides is 1. The zero-order chi connectivity index (χ0) is 24.1. The van der Waals surface area contributed by atoms with E-state index in [0.717, 1.165) is 5.56 Å². The van der Waals surface area contributed by atoms with Gasteiger partial charge >= 0.3 is 0 Å². The van der Waals surface area contributed by atoms with Crippen molar-refractivity contribution in [2.24, 2.45) is 0 Å². The molecule has 1 amide bonds. The lowest BCUT2D eigenvalue weighted by Gasteiger charge is -2.27. The first kappa shape index (κ1) is 22.8. The van der Waals surface area contributed by atoms with Crippen LogP contribution in [0.1, 0.15) is 23.6 Å². The third-order valence-corrected chi connectivity index (χ3v) is 5.69. The highest BCUT2D eigenvalue weighted by molar-refractivity contribution is 6.14. The van der Waals surface area contributed by atoms with Crippen LogP contribution in [0, 0.1) is 0 Å². The lowest BCUT2D eigenvalue weighted by atomic mass is 9.95. The highest BCUT2D eigenvalue weighted by Gasteiger charge is 2.42. The second-order valence-corrected chi connectivity index (χ2v) is 7.86. The number of allylic oxidation sites excluding steroid dienone is 1. The normalized spacial score (nSPS) is 16.0. The molecule has 1 atom stereocenters. The van der Waals surface area contributed by atoms with Crippen molar-refractivity contribution >= 4 is 17.8 Å². The number of hydrogen-bond acceptors (Lipinski definition) is 6. The Morgan fingerprint density at radius 3 is 2.65 bits per heavy atom. The van der Waals surface area contributed by atoms with Crippen LogP contribution >= 0.6 is 0 Å². The Hall–Kier alpha value is -4.33. The number of carbonyl (C=O) groups is 2. The van der Waals surface area contributed by atoms with Gasteiger partial charge in [-0.2, -0.15) is 0 Å². The van der Waals surface area contributed by atoms with E-state index in [9.17, 15) is 19.8 Å². The smallest absolute Gasteiger partial charge is 0.290 e. The van der Waals surface area contributed by atoms with Gasteiger partial charge in [0.25, 0.3) is 5.91 Å². The highest BCUT2D eigenvalue weighted by atomic mass is 16.5. The minimum atomic E-state index is -0.822. The van der Waals surface area contributed by atoms with E-state index in [1.807, 2.05) is 41.1 Å². The number of carbonyl (C=O) groups excluding carboxylic acids is 2. The molecule has 0 saturated carbocycles. The Balaban J connectivity index is 1.66. The molecule has 4 rings (SSSR count). The molecule has 1 aliphatic rings. The van der Waals surface area contributed by atoms with E-state index in [2.05, 4.69) is 4.98 Å². The monoisotopic (exact) mass is 459 g/mol. The van der Waals surface area contributed by atoms with Gasteiger partial charge in [-0.3, -0.25) is 9.59 Å². The van der Waals surface area contributed by atoms with Gasteiger partial charge in [-0.1, -0.05) is 42.5 Å². The summed E-state index contributed by atoms with van der Waals surface area (Å²) in [5.74, 6) is -1.50. The van der Waals surface area contributed by atoms with Crippen LogP contribution in [0.2, 0.25) is 0 Å². The van der Waals surface area contributed by atoms with Gasteiger partial charge < -0.3 is 24.4 Å². The van der Waals surface area contributed by atoms with Gasteiger partial charge in [-0.15, -0.1) is 0 Å². The zero-order valence-electron chi connectivity index (χ0n) is 18.7. The van der Waals surface area contributed by atoms with Crippen LogP contribution in [0.3, 0.4) is 0 Å². The number of imidazole rings is 1. The van der Waals surface area contributed by atoms with Crippen molar-refractivity contribution in [3.63, 3.8) is 0 Å². The molecule has 2 aromatic carbocycles. The number of nitrogens with zero attached hydrogens (tertiary/aromatic N) is 3. The summed E-state index contributed by atoms with van der Waals surface area (Å²) in [4.78, 5) is 31.7. The van der Waals surface area contributed by atoms with Gasteiger partial charge in [0, 0.05) is 25.5 Å². The molecule has 8 heteroatoms. The van der Waals surface area contributed by atoms with E-state index in [1.54, 1.807) is 30.7 Å².